The van der Waals surface area contributed by atoms with Gasteiger partial charge in [-0.05, 0) is 12.1 Å². The number of nitrogens with two attached hydrogens (primary N) is 1. The van der Waals surface area contributed by atoms with Gasteiger partial charge in [0.05, 0.1) is 10.3 Å². The zero-order valence-corrected chi connectivity index (χ0v) is 10.8. The number of benzene rings is 2. The first-order valence-corrected chi connectivity index (χ1v) is 6.14. The molecule has 1 aromatic heterocycles. The molecule has 0 amide bonds. The average molecular weight is 282 g/mol. The van der Waals surface area contributed by atoms with Gasteiger partial charge in [-0.15, -0.1) is 0 Å². The van der Waals surface area contributed by atoms with Crippen molar-refractivity contribution in [3.63, 3.8) is 0 Å². The Hall–Kier alpha value is -3.15. The molecular weight excluding hydrogens is 272 g/mol. The first-order chi connectivity index (χ1) is 10.1. The summed E-state index contributed by atoms with van der Waals surface area (Å²) in [4.78, 5) is 22.7. The molecule has 2 aromatic carbocycles. The number of nitrogens with zero attached hydrogens (tertiary/aromatic N) is 1. The lowest BCUT2D eigenvalue weighted by molar-refractivity contribution is -0.382. The van der Waals surface area contributed by atoms with E-state index < -0.39 is 4.92 Å². The second-order valence-electron chi connectivity index (χ2n) is 4.48. The fourth-order valence-electron chi connectivity index (χ4n) is 2.15. The number of nitrogen functional groups attached to an aromatic ring is 1. The van der Waals surface area contributed by atoms with Crippen LogP contribution in [0.4, 0.5) is 11.4 Å². The van der Waals surface area contributed by atoms with Crippen LogP contribution in [0.1, 0.15) is 0 Å². The van der Waals surface area contributed by atoms with Gasteiger partial charge in [0.25, 0.3) is 0 Å². The van der Waals surface area contributed by atoms with E-state index in [2.05, 4.69) is 0 Å². The molecular formula is C15H10N2O4. The third-order valence-corrected chi connectivity index (χ3v) is 3.14. The van der Waals surface area contributed by atoms with Crippen molar-refractivity contribution >= 4 is 22.3 Å². The minimum atomic E-state index is -0.643. The molecule has 0 fully saturated rings. The van der Waals surface area contributed by atoms with Crippen LogP contribution in [0.2, 0.25) is 0 Å². The van der Waals surface area contributed by atoms with Gasteiger partial charge in [-0.25, -0.2) is 0 Å². The predicted octanol–water partition coefficient (Wildman–Crippen LogP) is 2.95. The summed E-state index contributed by atoms with van der Waals surface area (Å²) in [6.07, 6.45) is 0. The number of hydrogen-bond acceptors (Lipinski definition) is 5. The second-order valence-corrected chi connectivity index (χ2v) is 4.48. The largest absolute Gasteiger partial charge is 0.448 e. The number of nitro benzene ring substituents is 1. The molecule has 0 spiro atoms. The Labute approximate surface area is 118 Å². The summed E-state index contributed by atoms with van der Waals surface area (Å²) in [7, 11) is 0. The highest BCUT2D eigenvalue weighted by molar-refractivity contribution is 5.92. The van der Waals surface area contributed by atoms with Crippen molar-refractivity contribution in [1.82, 2.24) is 0 Å². The van der Waals surface area contributed by atoms with Crippen molar-refractivity contribution in [3.8, 4) is 11.3 Å². The van der Waals surface area contributed by atoms with Gasteiger partial charge in [-0.1, -0.05) is 30.3 Å². The van der Waals surface area contributed by atoms with Crippen LogP contribution < -0.4 is 11.2 Å². The molecule has 0 atom stereocenters. The molecule has 1 heterocycles. The molecule has 0 bridgehead atoms. The maximum atomic E-state index is 12.1. The molecule has 21 heavy (non-hydrogen) atoms. The number of fused-ring (bicyclic) bond motifs is 1. The lowest BCUT2D eigenvalue weighted by Crippen LogP contribution is -2.04. The van der Waals surface area contributed by atoms with Crippen molar-refractivity contribution in [2.75, 3.05) is 5.73 Å². The third-order valence-electron chi connectivity index (χ3n) is 3.14. The van der Waals surface area contributed by atoms with Crippen LogP contribution >= 0.6 is 0 Å². The van der Waals surface area contributed by atoms with E-state index in [0.29, 0.717) is 5.56 Å². The molecule has 2 N–H and O–H groups in total. The van der Waals surface area contributed by atoms with E-state index >= 15 is 0 Å². The Bertz CT molecular complexity index is 901. The van der Waals surface area contributed by atoms with Crippen LogP contribution in [0.3, 0.4) is 0 Å². The highest BCUT2D eigenvalue weighted by Gasteiger charge is 2.21. The predicted molar refractivity (Wildman–Crippen MR) is 79.0 cm³/mol. The Kier molecular flexibility index (Phi) is 2.91. The maximum absolute atomic E-state index is 12.1. The van der Waals surface area contributed by atoms with Gasteiger partial charge in [-0.3, -0.25) is 14.9 Å². The zero-order chi connectivity index (χ0) is 15.0. The molecule has 3 rings (SSSR count). The maximum Gasteiger partial charge on any atom is 0.334 e. The summed E-state index contributed by atoms with van der Waals surface area (Å²) < 4.78 is 5.58. The first kappa shape index (κ1) is 12.9. The van der Waals surface area contributed by atoms with Gasteiger partial charge >= 0.3 is 5.69 Å². The van der Waals surface area contributed by atoms with Crippen LogP contribution in [0.5, 0.6) is 0 Å². The average Bonchev–Trinajstić information content (AvgIpc) is 2.47. The fourth-order valence-corrected chi connectivity index (χ4v) is 2.15. The monoisotopic (exact) mass is 282 g/mol. The lowest BCUT2D eigenvalue weighted by Gasteiger charge is -2.05. The minimum Gasteiger partial charge on any atom is -0.448 e. The van der Waals surface area contributed by atoms with Crippen LogP contribution in [0, 0.1) is 10.1 Å². The molecule has 0 saturated carbocycles. The van der Waals surface area contributed by atoms with Crippen molar-refractivity contribution in [2.24, 2.45) is 0 Å². The van der Waals surface area contributed by atoms with Crippen LogP contribution in [-0.4, -0.2) is 4.92 Å². The highest BCUT2D eigenvalue weighted by atomic mass is 16.6. The van der Waals surface area contributed by atoms with Crippen molar-refractivity contribution in [2.45, 2.75) is 0 Å². The van der Waals surface area contributed by atoms with Crippen molar-refractivity contribution in [3.05, 3.63) is 68.9 Å². The fraction of sp³-hybridized carbons (Fsp3) is 0. The summed E-state index contributed by atoms with van der Waals surface area (Å²) in [6.45, 7) is 0. The lowest BCUT2D eigenvalue weighted by atomic mass is 10.1. The molecule has 0 radical (unpaired) electrons. The van der Waals surface area contributed by atoms with E-state index in [1.54, 1.807) is 24.3 Å². The normalized spacial score (nSPS) is 10.7. The number of rotatable bonds is 2. The van der Waals surface area contributed by atoms with E-state index in [9.17, 15) is 14.9 Å². The van der Waals surface area contributed by atoms with Gasteiger partial charge in [0.1, 0.15) is 11.4 Å². The highest BCUT2D eigenvalue weighted by Crippen LogP contribution is 2.32. The Morgan fingerprint density at radius 2 is 1.81 bits per heavy atom. The van der Waals surface area contributed by atoms with E-state index in [4.69, 9.17) is 10.2 Å². The van der Waals surface area contributed by atoms with Crippen molar-refractivity contribution < 1.29 is 9.34 Å². The standard InChI is InChI=1S/C15H10N2O4/c16-11-7-6-10-12(18)8-13(9-4-2-1-3-5-9)21-15(10)14(11)17(19)20/h1-8H,16H2. The molecule has 0 aliphatic carbocycles. The topological polar surface area (TPSA) is 99.4 Å². The summed E-state index contributed by atoms with van der Waals surface area (Å²) >= 11 is 0. The Balaban J connectivity index is 2.40. The van der Waals surface area contributed by atoms with Gasteiger partial charge in [0, 0.05) is 11.6 Å². The Morgan fingerprint density at radius 3 is 2.48 bits per heavy atom. The molecule has 0 saturated heterocycles. The van der Waals surface area contributed by atoms with Crippen LogP contribution in [0.25, 0.3) is 22.3 Å². The molecule has 0 aliphatic heterocycles. The molecule has 104 valence electrons. The van der Waals surface area contributed by atoms with Gasteiger partial charge in [-0.2, -0.15) is 0 Å². The van der Waals surface area contributed by atoms with Crippen LogP contribution in [0.15, 0.2) is 57.7 Å². The SMILES string of the molecule is Nc1ccc2c(=O)cc(-c3ccccc3)oc2c1[N+](=O)[O-]. The number of anilines is 1. The minimum absolute atomic E-state index is 0.0409. The molecule has 0 aliphatic rings. The van der Waals surface area contributed by atoms with Crippen LogP contribution in [-0.2, 0) is 0 Å². The summed E-state index contributed by atoms with van der Waals surface area (Å²) in [5.74, 6) is 0.266. The summed E-state index contributed by atoms with van der Waals surface area (Å²) in [6, 6.07) is 13.0. The van der Waals surface area contributed by atoms with E-state index in [1.807, 2.05) is 6.07 Å². The zero-order valence-electron chi connectivity index (χ0n) is 10.8. The molecule has 6 heteroatoms. The smallest absolute Gasteiger partial charge is 0.334 e. The number of hydrogen-bond donors (Lipinski definition) is 1. The van der Waals surface area contributed by atoms with Gasteiger partial charge < -0.3 is 10.2 Å². The Morgan fingerprint density at radius 1 is 1.10 bits per heavy atom. The van der Waals surface area contributed by atoms with Crippen molar-refractivity contribution in [1.29, 1.82) is 0 Å². The van der Waals surface area contributed by atoms with E-state index in [0.717, 1.165) is 0 Å². The first-order valence-electron chi connectivity index (χ1n) is 6.14. The molecule has 3 aromatic rings. The molecule has 0 unspecified atom stereocenters. The quantitative estimate of drug-likeness (QED) is 0.442. The van der Waals surface area contributed by atoms with E-state index in [-0.39, 0.29) is 33.5 Å². The van der Waals surface area contributed by atoms with E-state index in [1.165, 1.54) is 18.2 Å². The van der Waals surface area contributed by atoms with Gasteiger partial charge in [0.15, 0.2) is 5.43 Å². The third kappa shape index (κ3) is 2.12. The molecule has 6 nitrogen and oxygen atoms in total. The summed E-state index contributed by atoms with van der Waals surface area (Å²) in [5.41, 5.74) is 5.40. The van der Waals surface area contributed by atoms with Gasteiger partial charge in [0.2, 0.25) is 5.58 Å². The summed E-state index contributed by atoms with van der Waals surface area (Å²) in [5, 5.41) is 11.3. The number of nitro groups is 1. The second kappa shape index (κ2) is 4.75.